The fourth-order valence-electron chi connectivity index (χ4n) is 2.24. The van der Waals surface area contributed by atoms with Crippen molar-refractivity contribution in [3.05, 3.63) is 24.3 Å². The Morgan fingerprint density at radius 1 is 1.00 bits per heavy atom. The van der Waals surface area contributed by atoms with Gasteiger partial charge in [-0.3, -0.25) is 0 Å². The number of benzene rings is 1. The zero-order chi connectivity index (χ0) is 14.6. The zero-order valence-electron chi connectivity index (χ0n) is 13.3. The minimum Gasteiger partial charge on any atom is -0.494 e. The van der Waals surface area contributed by atoms with E-state index < -0.39 is 0 Å². The van der Waals surface area contributed by atoms with E-state index in [1.54, 1.807) is 0 Å². The first-order valence-electron chi connectivity index (χ1n) is 7.99. The summed E-state index contributed by atoms with van der Waals surface area (Å²) in [5.41, 5.74) is 1.14. The molecule has 0 radical (unpaired) electrons. The first kappa shape index (κ1) is 16.8. The molecule has 0 atom stereocenters. The van der Waals surface area contributed by atoms with E-state index in [9.17, 15) is 0 Å². The standard InChI is InChI=1S/C17H30N2O/c1-4-11-19(12-5-2)13-10-18-16-8-7-9-17(15-16)20-14-6-3/h7-9,15,18H,4-6,10-14H2,1-3H3. The maximum absolute atomic E-state index is 5.65. The first-order valence-corrected chi connectivity index (χ1v) is 7.99. The molecule has 0 heterocycles. The summed E-state index contributed by atoms with van der Waals surface area (Å²) in [6.07, 6.45) is 3.49. The molecular weight excluding hydrogens is 248 g/mol. The normalized spacial score (nSPS) is 10.8. The summed E-state index contributed by atoms with van der Waals surface area (Å²) in [6, 6.07) is 8.24. The third kappa shape index (κ3) is 6.80. The Bertz CT molecular complexity index is 349. The van der Waals surface area contributed by atoms with Gasteiger partial charge in [0.2, 0.25) is 0 Å². The van der Waals surface area contributed by atoms with Crippen molar-refractivity contribution in [3.63, 3.8) is 0 Å². The summed E-state index contributed by atoms with van der Waals surface area (Å²) in [5.74, 6) is 0.954. The second-order valence-corrected chi connectivity index (χ2v) is 5.14. The number of rotatable bonds is 11. The van der Waals surface area contributed by atoms with Crippen molar-refractivity contribution in [1.82, 2.24) is 4.90 Å². The van der Waals surface area contributed by atoms with Crippen LogP contribution in [-0.2, 0) is 0 Å². The Morgan fingerprint density at radius 2 is 1.75 bits per heavy atom. The minimum atomic E-state index is 0.782. The highest BCUT2D eigenvalue weighted by Gasteiger charge is 2.02. The molecule has 0 saturated heterocycles. The molecule has 20 heavy (non-hydrogen) atoms. The van der Waals surface area contributed by atoms with Crippen LogP contribution in [0.1, 0.15) is 40.0 Å². The molecule has 0 amide bonds. The summed E-state index contributed by atoms with van der Waals surface area (Å²) in [7, 11) is 0. The van der Waals surface area contributed by atoms with Gasteiger partial charge in [-0.25, -0.2) is 0 Å². The molecule has 3 heteroatoms. The highest BCUT2D eigenvalue weighted by molar-refractivity contribution is 5.48. The summed E-state index contributed by atoms with van der Waals surface area (Å²) < 4.78 is 5.65. The summed E-state index contributed by atoms with van der Waals surface area (Å²) in [6.45, 7) is 11.8. The van der Waals surface area contributed by atoms with Crippen molar-refractivity contribution in [2.45, 2.75) is 40.0 Å². The van der Waals surface area contributed by atoms with Crippen LogP contribution < -0.4 is 10.1 Å². The molecule has 1 rings (SSSR count). The lowest BCUT2D eigenvalue weighted by Gasteiger charge is -2.21. The number of hydrogen-bond acceptors (Lipinski definition) is 3. The van der Waals surface area contributed by atoms with Crippen LogP contribution in [0.4, 0.5) is 5.69 Å². The lowest BCUT2D eigenvalue weighted by Crippen LogP contribution is -2.30. The average molecular weight is 278 g/mol. The predicted molar refractivity (Wildman–Crippen MR) is 87.7 cm³/mol. The Kier molecular flexibility index (Phi) is 8.88. The Labute approximate surface area is 124 Å². The Hall–Kier alpha value is -1.22. The van der Waals surface area contributed by atoms with Crippen LogP contribution in [0, 0.1) is 0 Å². The van der Waals surface area contributed by atoms with Crippen LogP contribution in [0.3, 0.4) is 0 Å². The molecule has 1 aromatic carbocycles. The number of nitrogens with one attached hydrogen (secondary N) is 1. The second-order valence-electron chi connectivity index (χ2n) is 5.14. The van der Waals surface area contributed by atoms with Crippen molar-refractivity contribution < 1.29 is 4.74 Å². The molecule has 0 aliphatic rings. The molecule has 1 aromatic rings. The third-order valence-corrected chi connectivity index (χ3v) is 3.14. The molecule has 3 nitrogen and oxygen atoms in total. The van der Waals surface area contributed by atoms with Gasteiger partial charge in [0.15, 0.2) is 0 Å². The van der Waals surface area contributed by atoms with Crippen LogP contribution in [0.15, 0.2) is 24.3 Å². The second kappa shape index (κ2) is 10.6. The van der Waals surface area contributed by atoms with Gasteiger partial charge in [0.05, 0.1) is 6.61 Å². The molecule has 0 spiro atoms. The van der Waals surface area contributed by atoms with E-state index in [1.165, 1.54) is 25.9 Å². The quantitative estimate of drug-likeness (QED) is 0.662. The van der Waals surface area contributed by atoms with Crippen LogP contribution in [0.2, 0.25) is 0 Å². The summed E-state index contributed by atoms with van der Waals surface area (Å²) >= 11 is 0. The van der Waals surface area contributed by atoms with Crippen molar-refractivity contribution in [2.24, 2.45) is 0 Å². The molecule has 0 aliphatic carbocycles. The first-order chi connectivity index (χ1) is 9.80. The van der Waals surface area contributed by atoms with E-state index in [4.69, 9.17) is 4.74 Å². The Morgan fingerprint density at radius 3 is 2.40 bits per heavy atom. The number of hydrogen-bond donors (Lipinski definition) is 1. The van der Waals surface area contributed by atoms with E-state index in [-0.39, 0.29) is 0 Å². The van der Waals surface area contributed by atoms with E-state index in [0.29, 0.717) is 0 Å². The predicted octanol–water partition coefficient (Wildman–Crippen LogP) is 4.01. The van der Waals surface area contributed by atoms with Gasteiger partial charge in [-0.1, -0.05) is 26.8 Å². The van der Waals surface area contributed by atoms with Crippen molar-refractivity contribution in [1.29, 1.82) is 0 Å². The molecule has 114 valence electrons. The van der Waals surface area contributed by atoms with Gasteiger partial charge in [-0.2, -0.15) is 0 Å². The fourth-order valence-corrected chi connectivity index (χ4v) is 2.24. The molecule has 0 aromatic heterocycles. The largest absolute Gasteiger partial charge is 0.494 e. The van der Waals surface area contributed by atoms with Gasteiger partial charge in [0, 0.05) is 24.8 Å². The van der Waals surface area contributed by atoms with Gasteiger partial charge in [-0.15, -0.1) is 0 Å². The van der Waals surface area contributed by atoms with Crippen LogP contribution >= 0.6 is 0 Å². The Balaban J connectivity index is 2.36. The van der Waals surface area contributed by atoms with Crippen LogP contribution in [-0.4, -0.2) is 37.7 Å². The van der Waals surface area contributed by atoms with E-state index in [0.717, 1.165) is 37.6 Å². The molecule has 1 N–H and O–H groups in total. The third-order valence-electron chi connectivity index (χ3n) is 3.14. The smallest absolute Gasteiger partial charge is 0.121 e. The monoisotopic (exact) mass is 278 g/mol. The number of ether oxygens (including phenoxy) is 1. The lowest BCUT2D eigenvalue weighted by molar-refractivity contribution is 0.285. The minimum absolute atomic E-state index is 0.782. The molecule has 0 saturated carbocycles. The van der Waals surface area contributed by atoms with Crippen molar-refractivity contribution >= 4 is 5.69 Å². The highest BCUT2D eigenvalue weighted by Crippen LogP contribution is 2.17. The molecule has 0 aliphatic heterocycles. The highest BCUT2D eigenvalue weighted by atomic mass is 16.5. The van der Waals surface area contributed by atoms with Gasteiger partial charge >= 0.3 is 0 Å². The van der Waals surface area contributed by atoms with Gasteiger partial charge in [0.25, 0.3) is 0 Å². The maximum atomic E-state index is 5.65. The van der Waals surface area contributed by atoms with E-state index >= 15 is 0 Å². The van der Waals surface area contributed by atoms with Crippen molar-refractivity contribution in [3.8, 4) is 5.75 Å². The fraction of sp³-hybridized carbons (Fsp3) is 0.647. The molecule has 0 unspecified atom stereocenters. The van der Waals surface area contributed by atoms with Crippen LogP contribution in [0.5, 0.6) is 5.75 Å². The van der Waals surface area contributed by atoms with Gasteiger partial charge in [-0.05, 0) is 44.5 Å². The van der Waals surface area contributed by atoms with Gasteiger partial charge in [0.1, 0.15) is 5.75 Å². The number of anilines is 1. The zero-order valence-corrected chi connectivity index (χ0v) is 13.3. The summed E-state index contributed by atoms with van der Waals surface area (Å²) in [5, 5.41) is 3.49. The SMILES string of the molecule is CCCOc1cccc(NCCN(CCC)CCC)c1. The average Bonchev–Trinajstić information content (AvgIpc) is 2.46. The molecular formula is C17H30N2O. The molecule has 0 bridgehead atoms. The van der Waals surface area contributed by atoms with E-state index in [1.807, 2.05) is 12.1 Å². The van der Waals surface area contributed by atoms with Crippen molar-refractivity contribution in [2.75, 3.05) is 38.1 Å². The van der Waals surface area contributed by atoms with Crippen LogP contribution in [0.25, 0.3) is 0 Å². The van der Waals surface area contributed by atoms with Gasteiger partial charge < -0.3 is 15.0 Å². The molecule has 0 fully saturated rings. The number of nitrogens with zero attached hydrogens (tertiary/aromatic N) is 1. The van der Waals surface area contributed by atoms with E-state index in [2.05, 4.69) is 43.1 Å². The lowest BCUT2D eigenvalue weighted by atomic mass is 10.3. The topological polar surface area (TPSA) is 24.5 Å². The summed E-state index contributed by atoms with van der Waals surface area (Å²) in [4.78, 5) is 2.52. The maximum Gasteiger partial charge on any atom is 0.121 e.